The number of nitrogens with one attached hydrogen (secondary N) is 1. The van der Waals surface area contributed by atoms with Crippen molar-refractivity contribution in [2.24, 2.45) is 5.10 Å². The number of phenolic OH excluding ortho intramolecular Hbond substituents is 1. The standard InChI is InChI=1S/C14H8ClI2N3O4/c15-11-5-9(20(23)24)1-2-10(11)14(22)19-18-6-7-3-8(16)4-12(17)13(7)21/h1-6,21H,(H,19,22)/b18-6-. The van der Waals surface area contributed by atoms with Gasteiger partial charge in [0.05, 0.1) is 25.3 Å². The summed E-state index contributed by atoms with van der Waals surface area (Å²) in [6.07, 6.45) is 1.30. The SMILES string of the molecule is O=C(N/N=C\c1cc(I)cc(I)c1O)c1ccc([N+](=O)[O-])cc1Cl. The predicted octanol–water partition coefficient (Wildman–Crippen LogP) is 3.93. The molecule has 0 aliphatic rings. The molecule has 2 aromatic carbocycles. The molecule has 0 unspecified atom stereocenters. The van der Waals surface area contributed by atoms with Crippen LogP contribution < -0.4 is 5.43 Å². The molecule has 2 N–H and O–H groups in total. The average molecular weight is 571 g/mol. The maximum Gasteiger partial charge on any atom is 0.272 e. The fourth-order valence-electron chi connectivity index (χ4n) is 1.71. The van der Waals surface area contributed by atoms with Gasteiger partial charge in [0.25, 0.3) is 11.6 Å². The Hall–Kier alpha value is -1.47. The Labute approximate surface area is 168 Å². The number of hydrogen-bond donors (Lipinski definition) is 2. The molecule has 1 amide bonds. The van der Waals surface area contributed by atoms with Gasteiger partial charge in [0.1, 0.15) is 5.75 Å². The minimum Gasteiger partial charge on any atom is -0.506 e. The van der Waals surface area contributed by atoms with Crippen LogP contribution in [0.4, 0.5) is 5.69 Å². The van der Waals surface area contributed by atoms with Crippen molar-refractivity contribution in [3.63, 3.8) is 0 Å². The van der Waals surface area contributed by atoms with E-state index in [0.717, 1.165) is 9.64 Å². The summed E-state index contributed by atoms with van der Waals surface area (Å²) in [5, 5.41) is 24.3. The van der Waals surface area contributed by atoms with Gasteiger partial charge in [-0.3, -0.25) is 14.9 Å². The van der Waals surface area contributed by atoms with Crippen molar-refractivity contribution < 1.29 is 14.8 Å². The van der Waals surface area contributed by atoms with Crippen molar-refractivity contribution in [2.75, 3.05) is 0 Å². The number of phenols is 1. The van der Waals surface area contributed by atoms with Gasteiger partial charge in [-0.15, -0.1) is 0 Å². The van der Waals surface area contributed by atoms with Crippen LogP contribution in [0.2, 0.25) is 5.02 Å². The number of aromatic hydroxyl groups is 1. The number of carbonyl (C=O) groups excluding carboxylic acids is 1. The predicted molar refractivity (Wildman–Crippen MR) is 107 cm³/mol. The number of hydrogen-bond acceptors (Lipinski definition) is 5. The molecule has 124 valence electrons. The lowest BCUT2D eigenvalue weighted by molar-refractivity contribution is -0.384. The molecule has 0 saturated heterocycles. The summed E-state index contributed by atoms with van der Waals surface area (Å²) in [4.78, 5) is 22.1. The van der Waals surface area contributed by atoms with Crippen LogP contribution in [0, 0.1) is 17.3 Å². The second-order valence-corrected chi connectivity index (χ2v) is 7.26. The van der Waals surface area contributed by atoms with Crippen molar-refractivity contribution >= 4 is 74.6 Å². The summed E-state index contributed by atoms with van der Waals surface area (Å²) >= 11 is 9.96. The van der Waals surface area contributed by atoms with Crippen molar-refractivity contribution in [2.45, 2.75) is 0 Å². The molecule has 0 heterocycles. The van der Waals surface area contributed by atoms with Crippen LogP contribution in [0.5, 0.6) is 5.75 Å². The number of halogens is 3. The molecule has 0 radical (unpaired) electrons. The third-order valence-electron chi connectivity index (χ3n) is 2.84. The normalized spacial score (nSPS) is 10.8. The Morgan fingerprint density at radius 3 is 2.67 bits per heavy atom. The third-order valence-corrected chi connectivity index (χ3v) is 4.59. The topological polar surface area (TPSA) is 105 Å². The van der Waals surface area contributed by atoms with Crippen LogP contribution in [0.15, 0.2) is 35.4 Å². The van der Waals surface area contributed by atoms with E-state index in [9.17, 15) is 20.0 Å². The highest BCUT2D eigenvalue weighted by molar-refractivity contribution is 14.1. The van der Waals surface area contributed by atoms with Gasteiger partial charge in [-0.1, -0.05) is 11.6 Å². The molecule has 24 heavy (non-hydrogen) atoms. The molecule has 0 fully saturated rings. The van der Waals surface area contributed by atoms with Gasteiger partial charge < -0.3 is 5.11 Å². The Bertz CT molecular complexity index is 858. The number of amides is 1. The molecule has 7 nitrogen and oxygen atoms in total. The van der Waals surface area contributed by atoms with Crippen LogP contribution in [-0.4, -0.2) is 22.2 Å². The van der Waals surface area contributed by atoms with Gasteiger partial charge in [-0.2, -0.15) is 5.10 Å². The van der Waals surface area contributed by atoms with Crippen LogP contribution >= 0.6 is 56.8 Å². The zero-order valence-electron chi connectivity index (χ0n) is 11.7. The Balaban J connectivity index is 2.15. The van der Waals surface area contributed by atoms with E-state index in [-0.39, 0.29) is 22.0 Å². The van der Waals surface area contributed by atoms with E-state index in [2.05, 4.69) is 33.1 Å². The van der Waals surface area contributed by atoms with Crippen LogP contribution in [0.1, 0.15) is 15.9 Å². The van der Waals surface area contributed by atoms with Crippen molar-refractivity contribution in [3.8, 4) is 5.75 Å². The van der Waals surface area contributed by atoms with Gasteiger partial charge in [0.2, 0.25) is 0 Å². The first-order valence-electron chi connectivity index (χ1n) is 6.25. The van der Waals surface area contributed by atoms with E-state index < -0.39 is 10.8 Å². The number of rotatable bonds is 4. The van der Waals surface area contributed by atoms with Crippen LogP contribution in [0.3, 0.4) is 0 Å². The first kappa shape index (κ1) is 18.9. The maximum absolute atomic E-state index is 12.0. The molecular weight excluding hydrogens is 563 g/mol. The number of carbonyl (C=O) groups is 1. The molecule has 10 heteroatoms. The zero-order valence-corrected chi connectivity index (χ0v) is 16.7. The quantitative estimate of drug-likeness (QED) is 0.251. The second-order valence-electron chi connectivity index (χ2n) is 4.45. The summed E-state index contributed by atoms with van der Waals surface area (Å²) in [6, 6.07) is 7.01. The first-order chi connectivity index (χ1) is 11.3. The number of benzene rings is 2. The summed E-state index contributed by atoms with van der Waals surface area (Å²) in [7, 11) is 0. The lowest BCUT2D eigenvalue weighted by Crippen LogP contribution is -2.18. The molecule has 0 saturated carbocycles. The Morgan fingerprint density at radius 1 is 1.33 bits per heavy atom. The number of nitro benzene ring substituents is 1. The maximum atomic E-state index is 12.0. The molecule has 2 rings (SSSR count). The largest absolute Gasteiger partial charge is 0.506 e. The van der Waals surface area contributed by atoms with E-state index in [1.807, 2.05) is 22.6 Å². The zero-order chi connectivity index (χ0) is 17.9. The number of hydrazone groups is 1. The summed E-state index contributed by atoms with van der Waals surface area (Å²) in [5.74, 6) is -0.562. The summed E-state index contributed by atoms with van der Waals surface area (Å²) < 4.78 is 1.56. The molecule has 0 atom stereocenters. The molecule has 2 aromatic rings. The highest BCUT2D eigenvalue weighted by Gasteiger charge is 2.14. The minimum absolute atomic E-state index is 0.0523. The lowest BCUT2D eigenvalue weighted by Gasteiger charge is -2.04. The smallest absolute Gasteiger partial charge is 0.272 e. The molecule has 0 spiro atoms. The monoisotopic (exact) mass is 571 g/mol. The Morgan fingerprint density at radius 2 is 2.04 bits per heavy atom. The average Bonchev–Trinajstić information content (AvgIpc) is 2.51. The summed E-state index contributed by atoms with van der Waals surface area (Å²) in [6.45, 7) is 0. The van der Waals surface area contributed by atoms with E-state index in [1.165, 1.54) is 18.3 Å². The van der Waals surface area contributed by atoms with E-state index >= 15 is 0 Å². The van der Waals surface area contributed by atoms with Crippen molar-refractivity contribution in [1.82, 2.24) is 5.43 Å². The van der Waals surface area contributed by atoms with Gasteiger partial charge in [0.15, 0.2) is 0 Å². The Kier molecular flexibility index (Phi) is 6.34. The fourth-order valence-corrected chi connectivity index (χ4v) is 3.86. The number of nitrogens with zero attached hydrogens (tertiary/aromatic N) is 2. The molecule has 0 aliphatic heterocycles. The highest BCUT2D eigenvalue weighted by Crippen LogP contribution is 2.26. The van der Waals surface area contributed by atoms with Gasteiger partial charge >= 0.3 is 0 Å². The highest BCUT2D eigenvalue weighted by atomic mass is 127. The molecule has 0 bridgehead atoms. The van der Waals surface area contributed by atoms with Crippen molar-refractivity contribution in [1.29, 1.82) is 0 Å². The molecule has 0 aliphatic carbocycles. The summed E-state index contributed by atoms with van der Waals surface area (Å²) in [5.41, 5.74) is 2.56. The van der Waals surface area contributed by atoms with E-state index in [1.54, 1.807) is 12.1 Å². The number of non-ortho nitro benzene ring substituents is 1. The van der Waals surface area contributed by atoms with Gasteiger partial charge in [-0.05, 0) is 63.4 Å². The van der Waals surface area contributed by atoms with Gasteiger partial charge in [-0.25, -0.2) is 5.43 Å². The molecular formula is C14H8ClI2N3O4. The molecule has 0 aromatic heterocycles. The van der Waals surface area contributed by atoms with Crippen LogP contribution in [0.25, 0.3) is 0 Å². The first-order valence-corrected chi connectivity index (χ1v) is 8.78. The van der Waals surface area contributed by atoms with E-state index in [0.29, 0.717) is 9.13 Å². The van der Waals surface area contributed by atoms with Crippen molar-refractivity contribution in [3.05, 3.63) is 63.7 Å². The third kappa shape index (κ3) is 4.54. The van der Waals surface area contributed by atoms with E-state index in [4.69, 9.17) is 11.6 Å². The van der Waals surface area contributed by atoms with Gasteiger partial charge in [0, 0.05) is 21.3 Å². The van der Waals surface area contributed by atoms with Crippen LogP contribution in [-0.2, 0) is 0 Å². The lowest BCUT2D eigenvalue weighted by atomic mass is 10.2. The number of nitro groups is 1. The minimum atomic E-state index is -0.619. The second kappa shape index (κ2) is 8.07. The fraction of sp³-hybridized carbons (Fsp3) is 0.